The number of rotatable bonds is 5. The zero-order chi connectivity index (χ0) is 19.6. The third kappa shape index (κ3) is 4.44. The number of nitrogens with zero attached hydrogens (tertiary/aromatic N) is 4. The van der Waals surface area contributed by atoms with Gasteiger partial charge in [-0.1, -0.05) is 6.07 Å². The molecule has 2 aromatic rings. The Morgan fingerprint density at radius 1 is 1.18 bits per heavy atom. The van der Waals surface area contributed by atoms with Crippen LogP contribution in [0.5, 0.6) is 0 Å². The number of carbonyl (C=O) groups is 1. The molecule has 2 aliphatic heterocycles. The second-order valence-corrected chi connectivity index (χ2v) is 9.69. The molecule has 2 aliphatic rings. The van der Waals surface area contributed by atoms with Crippen LogP contribution in [0.3, 0.4) is 0 Å². The summed E-state index contributed by atoms with van der Waals surface area (Å²) in [7, 11) is 0. The van der Waals surface area contributed by atoms with Crippen molar-refractivity contribution in [2.24, 2.45) is 5.41 Å². The fourth-order valence-electron chi connectivity index (χ4n) is 4.62. The van der Waals surface area contributed by atoms with Gasteiger partial charge in [0.1, 0.15) is 0 Å². The molecule has 0 saturated carbocycles. The Morgan fingerprint density at radius 2 is 2.00 bits per heavy atom. The lowest BCUT2D eigenvalue weighted by Crippen LogP contribution is -2.51. The van der Waals surface area contributed by atoms with Crippen LogP contribution in [-0.2, 0) is 17.8 Å². The van der Waals surface area contributed by atoms with Gasteiger partial charge in [0.25, 0.3) is 0 Å². The molecule has 0 atom stereocenters. The highest BCUT2D eigenvalue weighted by Gasteiger charge is 2.40. The first-order valence-electron chi connectivity index (χ1n) is 10.4. The molecule has 1 spiro atoms. The molecule has 150 valence electrons. The van der Waals surface area contributed by atoms with E-state index in [2.05, 4.69) is 33.6 Å². The summed E-state index contributed by atoms with van der Waals surface area (Å²) in [6, 6.07) is 6.00. The van der Waals surface area contributed by atoms with Crippen molar-refractivity contribution in [1.82, 2.24) is 19.8 Å². The van der Waals surface area contributed by atoms with Gasteiger partial charge in [-0.25, -0.2) is 4.98 Å². The van der Waals surface area contributed by atoms with Gasteiger partial charge in [-0.2, -0.15) is 0 Å². The SMILES string of the molecule is Cc1nc(C)c(CN2CCC3(CCC(=O)N(CCc4ccccn4)C3)CC2)s1. The topological polar surface area (TPSA) is 49.3 Å². The second-order valence-electron chi connectivity index (χ2n) is 8.40. The highest BCUT2D eigenvalue weighted by Crippen LogP contribution is 2.40. The van der Waals surface area contributed by atoms with Crippen molar-refractivity contribution in [3.8, 4) is 0 Å². The smallest absolute Gasteiger partial charge is 0.222 e. The summed E-state index contributed by atoms with van der Waals surface area (Å²) in [4.78, 5) is 27.5. The van der Waals surface area contributed by atoms with Crippen LogP contribution in [0.4, 0.5) is 0 Å². The summed E-state index contributed by atoms with van der Waals surface area (Å²) in [5.41, 5.74) is 2.57. The average molecular weight is 399 g/mol. The van der Waals surface area contributed by atoms with E-state index in [1.807, 2.05) is 35.7 Å². The zero-order valence-electron chi connectivity index (χ0n) is 17.0. The molecule has 6 heteroatoms. The van der Waals surface area contributed by atoms with Crippen LogP contribution < -0.4 is 0 Å². The summed E-state index contributed by atoms with van der Waals surface area (Å²) in [6.45, 7) is 9.19. The van der Waals surface area contributed by atoms with Gasteiger partial charge in [-0.3, -0.25) is 14.7 Å². The van der Waals surface area contributed by atoms with Gasteiger partial charge in [0, 0.05) is 49.2 Å². The Hall–Kier alpha value is -1.79. The monoisotopic (exact) mass is 398 g/mol. The molecule has 2 fully saturated rings. The van der Waals surface area contributed by atoms with Crippen LogP contribution in [0.15, 0.2) is 24.4 Å². The summed E-state index contributed by atoms with van der Waals surface area (Å²) in [6.07, 6.45) is 6.82. The number of amides is 1. The summed E-state index contributed by atoms with van der Waals surface area (Å²) >= 11 is 1.83. The van der Waals surface area contributed by atoms with E-state index in [1.54, 1.807) is 0 Å². The molecular formula is C22H30N4OS. The van der Waals surface area contributed by atoms with E-state index >= 15 is 0 Å². The van der Waals surface area contributed by atoms with Crippen molar-refractivity contribution in [3.05, 3.63) is 45.7 Å². The molecule has 0 radical (unpaired) electrons. The zero-order valence-corrected chi connectivity index (χ0v) is 17.8. The Bertz CT molecular complexity index is 811. The maximum atomic E-state index is 12.5. The number of hydrogen-bond acceptors (Lipinski definition) is 5. The number of hydrogen-bond donors (Lipinski definition) is 0. The quantitative estimate of drug-likeness (QED) is 0.772. The molecule has 2 aromatic heterocycles. The number of piperidine rings is 2. The molecule has 4 rings (SSSR count). The molecule has 0 N–H and O–H groups in total. The Kier molecular flexibility index (Phi) is 5.78. The van der Waals surface area contributed by atoms with Crippen LogP contribution in [0, 0.1) is 19.3 Å². The maximum absolute atomic E-state index is 12.5. The lowest BCUT2D eigenvalue weighted by atomic mass is 9.72. The molecule has 2 saturated heterocycles. The van der Waals surface area contributed by atoms with Gasteiger partial charge in [0.05, 0.1) is 10.7 Å². The number of likely N-dealkylation sites (tertiary alicyclic amines) is 2. The van der Waals surface area contributed by atoms with Gasteiger partial charge in [-0.15, -0.1) is 11.3 Å². The van der Waals surface area contributed by atoms with Gasteiger partial charge < -0.3 is 4.90 Å². The van der Waals surface area contributed by atoms with Gasteiger partial charge in [0.15, 0.2) is 0 Å². The van der Waals surface area contributed by atoms with Crippen molar-refractivity contribution in [1.29, 1.82) is 0 Å². The Morgan fingerprint density at radius 3 is 2.68 bits per heavy atom. The summed E-state index contributed by atoms with van der Waals surface area (Å²) in [5.74, 6) is 0.319. The van der Waals surface area contributed by atoms with E-state index in [1.165, 1.54) is 23.4 Å². The lowest BCUT2D eigenvalue weighted by Gasteiger charge is -2.47. The van der Waals surface area contributed by atoms with Crippen LogP contribution in [0.1, 0.15) is 47.0 Å². The molecule has 0 aromatic carbocycles. The van der Waals surface area contributed by atoms with Gasteiger partial charge in [-0.05, 0) is 63.7 Å². The maximum Gasteiger partial charge on any atom is 0.222 e. The molecular weight excluding hydrogens is 368 g/mol. The molecule has 28 heavy (non-hydrogen) atoms. The minimum Gasteiger partial charge on any atom is -0.342 e. The molecule has 0 aliphatic carbocycles. The third-order valence-electron chi connectivity index (χ3n) is 6.40. The fraction of sp³-hybridized carbons (Fsp3) is 0.591. The van der Waals surface area contributed by atoms with Gasteiger partial charge >= 0.3 is 0 Å². The van der Waals surface area contributed by atoms with Crippen LogP contribution in [0.25, 0.3) is 0 Å². The number of aryl methyl sites for hydroxylation is 2. The van der Waals surface area contributed by atoms with Crippen molar-refractivity contribution < 1.29 is 4.79 Å². The number of aromatic nitrogens is 2. The van der Waals surface area contributed by atoms with Gasteiger partial charge in [0.2, 0.25) is 5.91 Å². The standard InChI is InChI=1S/C22H30N4OS/c1-17-20(28-18(2)24-17)15-25-13-9-22(10-14-25)8-6-21(27)26(16-22)12-7-19-5-3-4-11-23-19/h3-5,11H,6-10,12-16H2,1-2H3. The van der Waals surface area contributed by atoms with Crippen molar-refractivity contribution >= 4 is 17.2 Å². The molecule has 0 unspecified atom stereocenters. The predicted octanol–water partition coefficient (Wildman–Crippen LogP) is 3.60. The average Bonchev–Trinajstić information content (AvgIpc) is 3.02. The fourth-order valence-corrected chi connectivity index (χ4v) is 5.60. The molecule has 1 amide bonds. The van der Waals surface area contributed by atoms with E-state index in [0.29, 0.717) is 17.7 Å². The van der Waals surface area contributed by atoms with E-state index < -0.39 is 0 Å². The largest absolute Gasteiger partial charge is 0.342 e. The molecule has 4 heterocycles. The van der Waals surface area contributed by atoms with Crippen LogP contribution in [-0.4, -0.2) is 51.9 Å². The first kappa shape index (κ1) is 19.5. The van der Waals surface area contributed by atoms with Crippen molar-refractivity contribution in [2.45, 2.75) is 52.5 Å². The van der Waals surface area contributed by atoms with Crippen LogP contribution in [0.2, 0.25) is 0 Å². The lowest BCUT2D eigenvalue weighted by molar-refractivity contribution is -0.139. The highest BCUT2D eigenvalue weighted by atomic mass is 32.1. The van der Waals surface area contributed by atoms with E-state index in [4.69, 9.17) is 0 Å². The number of pyridine rings is 1. The highest BCUT2D eigenvalue weighted by molar-refractivity contribution is 7.11. The first-order chi connectivity index (χ1) is 13.5. The van der Waals surface area contributed by atoms with Crippen molar-refractivity contribution in [3.63, 3.8) is 0 Å². The number of carbonyl (C=O) groups excluding carboxylic acids is 1. The second kappa shape index (κ2) is 8.29. The molecule has 0 bridgehead atoms. The minimum atomic E-state index is 0.313. The third-order valence-corrected chi connectivity index (χ3v) is 7.45. The van der Waals surface area contributed by atoms with Crippen LogP contribution >= 0.6 is 11.3 Å². The summed E-state index contributed by atoms with van der Waals surface area (Å²) in [5, 5.41) is 1.16. The van der Waals surface area contributed by atoms with Crippen molar-refractivity contribution in [2.75, 3.05) is 26.2 Å². The summed E-state index contributed by atoms with van der Waals surface area (Å²) < 4.78 is 0. The normalized spacial score (nSPS) is 20.1. The minimum absolute atomic E-state index is 0.313. The van der Waals surface area contributed by atoms with E-state index in [-0.39, 0.29) is 0 Å². The Labute approximate surface area is 171 Å². The van der Waals surface area contributed by atoms with E-state index in [9.17, 15) is 4.79 Å². The number of thiazole rings is 1. The Balaban J connectivity index is 1.32. The van der Waals surface area contributed by atoms with E-state index in [0.717, 1.165) is 56.3 Å². The predicted molar refractivity (Wildman–Crippen MR) is 112 cm³/mol. The first-order valence-corrected chi connectivity index (χ1v) is 11.2. The molecule has 5 nitrogen and oxygen atoms in total.